The van der Waals surface area contributed by atoms with Gasteiger partial charge in [-0.1, -0.05) is 0 Å². The van der Waals surface area contributed by atoms with Crippen molar-refractivity contribution in [1.82, 2.24) is 4.98 Å². The number of benzene rings is 1. The Morgan fingerprint density at radius 3 is 2.39 bits per heavy atom. The molecule has 5 rings (SSSR count). The number of halogens is 5. The summed E-state index contributed by atoms with van der Waals surface area (Å²) in [6.07, 6.45) is -1.03. The van der Waals surface area contributed by atoms with Crippen molar-refractivity contribution in [3.8, 4) is 0 Å². The fourth-order valence-electron chi connectivity index (χ4n) is 5.45. The number of rotatable bonds is 5. The van der Waals surface area contributed by atoms with Crippen molar-refractivity contribution in [2.75, 3.05) is 41.4 Å². The molecule has 2 atom stereocenters. The summed E-state index contributed by atoms with van der Waals surface area (Å²) in [5.41, 5.74) is -0.912. The van der Waals surface area contributed by atoms with Crippen molar-refractivity contribution in [2.24, 2.45) is 0 Å². The fraction of sp³-hybridized carbons (Fsp3) is 0.583. The zero-order chi connectivity index (χ0) is 25.4. The Morgan fingerprint density at radius 1 is 1.03 bits per heavy atom. The van der Waals surface area contributed by atoms with Crippen molar-refractivity contribution < 1.29 is 35.9 Å². The fourth-order valence-corrected chi connectivity index (χ4v) is 5.45. The molecule has 12 heteroatoms. The van der Waals surface area contributed by atoms with Crippen LogP contribution >= 0.6 is 0 Å². The average Bonchev–Trinajstić information content (AvgIpc) is 3.15. The Bertz CT molecular complexity index is 1070. The number of piperidine rings is 1. The number of oxazole rings is 1. The van der Waals surface area contributed by atoms with E-state index in [-0.39, 0.29) is 29.5 Å². The summed E-state index contributed by atoms with van der Waals surface area (Å²) < 4.78 is 80.3. The maximum atomic E-state index is 15.1. The number of hydrogen-bond acceptors (Lipinski definition) is 6. The van der Waals surface area contributed by atoms with Crippen molar-refractivity contribution >= 4 is 23.3 Å². The van der Waals surface area contributed by atoms with Crippen LogP contribution in [0.15, 0.2) is 16.5 Å². The molecule has 1 amide bonds. The molecule has 0 spiro atoms. The van der Waals surface area contributed by atoms with E-state index in [1.54, 1.807) is 9.80 Å². The number of nitrogens with zero attached hydrogens (tertiary/aromatic N) is 3. The highest BCUT2D eigenvalue weighted by atomic mass is 19.4. The van der Waals surface area contributed by atoms with Crippen LogP contribution in [0.4, 0.5) is 39.3 Å². The number of amides is 1. The summed E-state index contributed by atoms with van der Waals surface area (Å²) in [7, 11) is 0. The Hall–Kier alpha value is -2.89. The van der Waals surface area contributed by atoms with Crippen molar-refractivity contribution in [2.45, 2.75) is 63.2 Å². The number of anilines is 3. The number of fused-ring (bicyclic) bond motifs is 2. The van der Waals surface area contributed by atoms with Crippen LogP contribution in [0.25, 0.3) is 0 Å². The molecular weight excluding hydrogens is 487 g/mol. The van der Waals surface area contributed by atoms with Gasteiger partial charge in [-0.25, -0.2) is 8.78 Å². The van der Waals surface area contributed by atoms with Crippen molar-refractivity contribution in [3.05, 3.63) is 35.2 Å². The van der Waals surface area contributed by atoms with Gasteiger partial charge in [0.15, 0.2) is 17.3 Å². The second-order valence-corrected chi connectivity index (χ2v) is 9.48. The third-order valence-electron chi connectivity index (χ3n) is 6.98. The van der Waals surface area contributed by atoms with Crippen molar-refractivity contribution in [1.29, 1.82) is 0 Å². The number of carbonyl (C=O) groups excluding carboxylic acids is 1. The van der Waals surface area contributed by atoms with E-state index >= 15 is 8.78 Å². The minimum Gasteiger partial charge on any atom is -0.427 e. The number of carbonyl (C=O) groups is 1. The smallest absolute Gasteiger partial charge is 0.396 e. The van der Waals surface area contributed by atoms with Crippen LogP contribution in [0.2, 0.25) is 0 Å². The lowest BCUT2D eigenvalue weighted by Gasteiger charge is -2.37. The normalized spacial score (nSPS) is 22.6. The quantitative estimate of drug-likeness (QED) is 0.563. The molecule has 36 heavy (non-hydrogen) atoms. The van der Waals surface area contributed by atoms with E-state index < -0.39 is 41.6 Å². The van der Waals surface area contributed by atoms with Gasteiger partial charge in [0.1, 0.15) is 17.9 Å². The molecule has 1 aromatic carbocycles. The molecule has 3 aliphatic rings. The second-order valence-electron chi connectivity index (χ2n) is 9.48. The lowest BCUT2D eigenvalue weighted by molar-refractivity contribution is -0.130. The molecule has 0 radical (unpaired) electrons. The summed E-state index contributed by atoms with van der Waals surface area (Å²) in [6.45, 7) is 1.60. The minimum atomic E-state index is -4.65. The molecular formula is C24H27F5N4O3. The summed E-state index contributed by atoms with van der Waals surface area (Å²) in [5, 5.41) is 2.29. The van der Waals surface area contributed by atoms with Gasteiger partial charge in [0.2, 0.25) is 0 Å². The third kappa shape index (κ3) is 5.14. The first kappa shape index (κ1) is 24.8. The van der Waals surface area contributed by atoms with Gasteiger partial charge < -0.3 is 24.3 Å². The lowest BCUT2D eigenvalue weighted by Crippen LogP contribution is -2.40. The van der Waals surface area contributed by atoms with Gasteiger partial charge in [0.25, 0.3) is 11.9 Å². The largest absolute Gasteiger partial charge is 0.427 e. The number of nitrogens with one attached hydrogen (secondary N) is 1. The standard InChI is InChI=1S/C24H27F5N4O3/c25-17-11-14(12-18(26)21(17)33-15-3-1-4-16(33)6-5-15)30-22(34)20-19(13-24(27,28)29)36-23(31-20)32-7-2-9-35-10-8-32/h11-12,15-16H,1-10,13H2,(H,30,34). The Balaban J connectivity index is 1.39. The van der Waals surface area contributed by atoms with Crippen LogP contribution in [-0.4, -0.2) is 55.5 Å². The van der Waals surface area contributed by atoms with Gasteiger partial charge in [0, 0.05) is 37.5 Å². The number of alkyl halides is 3. The molecule has 3 fully saturated rings. The highest BCUT2D eigenvalue weighted by Gasteiger charge is 2.39. The second kappa shape index (κ2) is 9.87. The SMILES string of the molecule is O=C(Nc1cc(F)c(N2C3CCCC2CC3)c(F)c1)c1nc(N2CCCOCC2)oc1CC(F)(F)F. The maximum absolute atomic E-state index is 15.1. The van der Waals surface area contributed by atoms with Gasteiger partial charge in [-0.15, -0.1) is 0 Å². The zero-order valence-corrected chi connectivity index (χ0v) is 19.5. The minimum absolute atomic E-state index is 0.0797. The van der Waals surface area contributed by atoms with E-state index in [1.165, 1.54) is 0 Å². The van der Waals surface area contributed by atoms with E-state index in [1.807, 2.05) is 0 Å². The molecule has 2 aromatic rings. The van der Waals surface area contributed by atoms with Gasteiger partial charge >= 0.3 is 6.18 Å². The maximum Gasteiger partial charge on any atom is 0.396 e. The van der Waals surface area contributed by atoms with Gasteiger partial charge in [-0.05, 0) is 50.7 Å². The Labute approximate surface area is 204 Å². The van der Waals surface area contributed by atoms with E-state index in [2.05, 4.69) is 10.3 Å². The van der Waals surface area contributed by atoms with E-state index in [0.717, 1.165) is 44.2 Å². The first-order valence-corrected chi connectivity index (χ1v) is 12.2. The molecule has 3 aliphatic heterocycles. The van der Waals surface area contributed by atoms with Crippen LogP contribution in [0.1, 0.15) is 54.8 Å². The molecule has 1 aromatic heterocycles. The summed E-state index contributed by atoms with van der Waals surface area (Å²) in [4.78, 5) is 20.3. The van der Waals surface area contributed by atoms with Crippen LogP contribution in [0.3, 0.4) is 0 Å². The van der Waals surface area contributed by atoms with Gasteiger partial charge in [-0.2, -0.15) is 18.2 Å². The molecule has 0 saturated carbocycles. The third-order valence-corrected chi connectivity index (χ3v) is 6.98. The average molecular weight is 514 g/mol. The van der Waals surface area contributed by atoms with Crippen LogP contribution in [-0.2, 0) is 11.2 Å². The molecule has 196 valence electrons. The predicted octanol–water partition coefficient (Wildman–Crippen LogP) is 5.06. The highest BCUT2D eigenvalue weighted by Crippen LogP contribution is 2.42. The molecule has 4 heterocycles. The highest BCUT2D eigenvalue weighted by molar-refractivity contribution is 6.04. The summed E-state index contributed by atoms with van der Waals surface area (Å²) in [6, 6.07) is 2.01. The Morgan fingerprint density at radius 2 is 1.72 bits per heavy atom. The van der Waals surface area contributed by atoms with Gasteiger partial charge in [-0.3, -0.25) is 4.79 Å². The first-order chi connectivity index (χ1) is 17.2. The first-order valence-electron chi connectivity index (χ1n) is 12.2. The summed E-state index contributed by atoms with van der Waals surface area (Å²) >= 11 is 0. The molecule has 1 N–H and O–H groups in total. The molecule has 2 unspecified atom stereocenters. The summed E-state index contributed by atoms with van der Waals surface area (Å²) in [5.74, 6) is -3.36. The van der Waals surface area contributed by atoms with E-state index in [4.69, 9.17) is 9.15 Å². The van der Waals surface area contributed by atoms with E-state index in [0.29, 0.717) is 32.7 Å². The van der Waals surface area contributed by atoms with E-state index in [9.17, 15) is 18.0 Å². The lowest BCUT2D eigenvalue weighted by atomic mass is 10.0. The Kier molecular flexibility index (Phi) is 6.80. The van der Waals surface area contributed by atoms with Gasteiger partial charge in [0.05, 0.1) is 6.61 Å². The topological polar surface area (TPSA) is 70.8 Å². The number of ether oxygens (including phenoxy) is 1. The monoisotopic (exact) mass is 514 g/mol. The number of aromatic nitrogens is 1. The zero-order valence-electron chi connectivity index (χ0n) is 19.5. The van der Waals surface area contributed by atoms with Crippen molar-refractivity contribution in [3.63, 3.8) is 0 Å². The van der Waals surface area contributed by atoms with Crippen LogP contribution in [0.5, 0.6) is 0 Å². The molecule has 0 aliphatic carbocycles. The molecule has 3 saturated heterocycles. The molecule has 7 nitrogen and oxygen atoms in total. The van der Waals surface area contributed by atoms with Crippen LogP contribution in [0, 0.1) is 11.6 Å². The number of hydrogen-bond donors (Lipinski definition) is 1. The molecule has 2 bridgehead atoms. The predicted molar refractivity (Wildman–Crippen MR) is 121 cm³/mol. The van der Waals surface area contributed by atoms with Crippen LogP contribution < -0.4 is 15.1 Å².